The highest BCUT2D eigenvalue weighted by Gasteiger charge is 2.63. The van der Waals surface area contributed by atoms with Gasteiger partial charge in [0.05, 0.1) is 35.3 Å². The Bertz CT molecular complexity index is 959. The minimum absolute atomic E-state index is 0.0256. The van der Waals surface area contributed by atoms with Crippen LogP contribution in [-0.4, -0.2) is 33.1 Å². The van der Waals surface area contributed by atoms with Crippen molar-refractivity contribution in [1.29, 1.82) is 0 Å². The topological polar surface area (TPSA) is 72.3 Å². The van der Waals surface area contributed by atoms with Gasteiger partial charge in [-0.1, -0.05) is 17.7 Å². The lowest BCUT2D eigenvalue weighted by atomic mass is 9.73. The molecule has 1 aliphatic carbocycles. The van der Waals surface area contributed by atoms with Crippen LogP contribution in [0.25, 0.3) is 5.57 Å². The zero-order valence-electron chi connectivity index (χ0n) is 15.6. The number of allylic oxidation sites excluding steroid dienone is 1. The van der Waals surface area contributed by atoms with Gasteiger partial charge in [-0.3, -0.25) is 14.8 Å². The highest BCUT2D eigenvalue weighted by atomic mass is 16.5. The molecule has 2 aromatic rings. The smallest absolute Gasteiger partial charge is 0.173 e. The van der Waals surface area contributed by atoms with E-state index >= 15 is 0 Å². The first kappa shape index (κ1) is 16.6. The summed E-state index contributed by atoms with van der Waals surface area (Å²) in [6.45, 7) is 6.05. The van der Waals surface area contributed by atoms with Gasteiger partial charge in [0.2, 0.25) is 0 Å². The molecule has 5 heteroatoms. The Morgan fingerprint density at radius 1 is 1.11 bits per heavy atom. The van der Waals surface area contributed by atoms with Crippen molar-refractivity contribution >= 4 is 11.4 Å². The van der Waals surface area contributed by atoms with Crippen LogP contribution >= 0.6 is 0 Å². The average molecular weight is 362 g/mol. The first-order valence-electron chi connectivity index (χ1n) is 9.44. The van der Waals surface area contributed by atoms with E-state index in [0.29, 0.717) is 5.57 Å². The summed E-state index contributed by atoms with van der Waals surface area (Å²) in [6.07, 6.45) is 5.46. The molecule has 2 aliphatic heterocycles. The molecule has 1 aromatic heterocycles. The van der Waals surface area contributed by atoms with E-state index in [2.05, 4.69) is 22.1 Å². The number of Topliss-reactive ketones (excluding diaryl/α,β-unsaturated/α-hetero) is 1. The van der Waals surface area contributed by atoms with Crippen molar-refractivity contribution in [2.24, 2.45) is 11.8 Å². The van der Waals surface area contributed by atoms with E-state index in [-0.39, 0.29) is 41.5 Å². The number of hydrogen-bond acceptors (Lipinski definition) is 5. The lowest BCUT2D eigenvalue weighted by Gasteiger charge is -2.26. The number of fused-ring (bicyclic) bond motifs is 5. The Kier molecular flexibility index (Phi) is 3.53. The second-order valence-electron chi connectivity index (χ2n) is 8.06. The summed E-state index contributed by atoms with van der Waals surface area (Å²) in [5.74, 6) is -0.269. The summed E-state index contributed by atoms with van der Waals surface area (Å²) < 4.78 is 6.13. The van der Waals surface area contributed by atoms with E-state index in [1.165, 1.54) is 0 Å². The molecule has 2 saturated heterocycles. The number of aromatic nitrogens is 2. The first-order chi connectivity index (χ1) is 13.0. The molecule has 1 aromatic carbocycles. The predicted molar refractivity (Wildman–Crippen MR) is 100 cm³/mol. The lowest BCUT2D eigenvalue weighted by Crippen LogP contribution is -2.33. The van der Waals surface area contributed by atoms with Crippen molar-refractivity contribution < 1.29 is 14.6 Å². The van der Waals surface area contributed by atoms with Crippen LogP contribution in [0.1, 0.15) is 40.3 Å². The summed E-state index contributed by atoms with van der Waals surface area (Å²) in [5, 5.41) is 11.1. The number of carbonyl (C=O) groups excluding carboxylic acids is 1. The van der Waals surface area contributed by atoms with Crippen LogP contribution in [0.3, 0.4) is 0 Å². The second-order valence-corrected chi connectivity index (χ2v) is 8.06. The molecule has 3 heterocycles. The summed E-state index contributed by atoms with van der Waals surface area (Å²) in [7, 11) is 0. The van der Waals surface area contributed by atoms with Gasteiger partial charge in [-0.05, 0) is 43.9 Å². The third-order valence-electron chi connectivity index (χ3n) is 6.37. The molecule has 0 radical (unpaired) electrons. The summed E-state index contributed by atoms with van der Waals surface area (Å²) in [6, 6.07) is 4.13. The van der Waals surface area contributed by atoms with Gasteiger partial charge < -0.3 is 9.84 Å². The molecule has 5 rings (SSSR count). The third-order valence-corrected chi connectivity index (χ3v) is 6.37. The summed E-state index contributed by atoms with van der Waals surface area (Å²) in [4.78, 5) is 21.9. The second kappa shape index (κ2) is 5.73. The number of aliphatic hydroxyl groups excluding tert-OH is 1. The Balaban J connectivity index is 1.59. The number of aliphatic hydroxyl groups is 1. The van der Waals surface area contributed by atoms with Gasteiger partial charge in [-0.15, -0.1) is 0 Å². The van der Waals surface area contributed by atoms with Crippen LogP contribution in [-0.2, 0) is 9.53 Å². The molecule has 0 unspecified atom stereocenters. The SMILES string of the molecule is Cc1cc(C)c(C2=C(O)[C@@H]3[C@@H]4O[C@@H](C[C@H]4c4cnccn4)[C@@H]3C2=O)c(C)c1. The number of ketones is 1. The molecule has 0 saturated carbocycles. The molecule has 2 bridgehead atoms. The maximum atomic E-state index is 13.3. The van der Waals surface area contributed by atoms with Gasteiger partial charge in [0.1, 0.15) is 5.76 Å². The lowest BCUT2D eigenvalue weighted by molar-refractivity contribution is -0.118. The van der Waals surface area contributed by atoms with Crippen molar-refractivity contribution in [3.63, 3.8) is 0 Å². The highest BCUT2D eigenvalue weighted by molar-refractivity contribution is 6.26. The summed E-state index contributed by atoms with van der Waals surface area (Å²) >= 11 is 0. The average Bonchev–Trinajstić information content (AvgIpc) is 3.29. The van der Waals surface area contributed by atoms with Crippen LogP contribution in [0.15, 0.2) is 36.5 Å². The maximum absolute atomic E-state index is 13.3. The minimum Gasteiger partial charge on any atom is -0.511 e. The largest absolute Gasteiger partial charge is 0.511 e. The number of hydrogen-bond donors (Lipinski definition) is 1. The van der Waals surface area contributed by atoms with Crippen LogP contribution in [0.4, 0.5) is 0 Å². The van der Waals surface area contributed by atoms with E-state index in [9.17, 15) is 9.90 Å². The molecule has 2 fully saturated rings. The van der Waals surface area contributed by atoms with Crippen molar-refractivity contribution in [2.45, 2.75) is 45.3 Å². The first-order valence-corrected chi connectivity index (χ1v) is 9.44. The van der Waals surface area contributed by atoms with Gasteiger partial charge in [0.15, 0.2) is 5.78 Å². The molecular formula is C22H22N2O3. The van der Waals surface area contributed by atoms with Gasteiger partial charge >= 0.3 is 0 Å². The highest BCUT2D eigenvalue weighted by Crippen LogP contribution is 2.58. The minimum atomic E-state index is -0.280. The van der Waals surface area contributed by atoms with E-state index in [4.69, 9.17) is 4.74 Å². The molecule has 27 heavy (non-hydrogen) atoms. The molecule has 5 atom stereocenters. The number of carbonyl (C=O) groups is 1. The standard InChI is InChI=1S/C22H22N2O3/c1-10-6-11(2)16(12(3)7-10)18-20(25)17-15-8-13(14-9-23-4-5-24-14)22(27-15)19(17)21(18)26/h4-7,9,13,15,17,19,22,26H,8H2,1-3H3/t13-,15-,17-,19+,22+/m0/s1. The predicted octanol–water partition coefficient (Wildman–Crippen LogP) is 3.44. The Labute approximate surface area is 158 Å². The molecular weight excluding hydrogens is 340 g/mol. The molecule has 5 nitrogen and oxygen atoms in total. The number of ether oxygens (including phenoxy) is 1. The van der Waals surface area contributed by atoms with Crippen LogP contribution < -0.4 is 0 Å². The zero-order valence-corrected chi connectivity index (χ0v) is 15.6. The monoisotopic (exact) mass is 362 g/mol. The van der Waals surface area contributed by atoms with E-state index in [0.717, 1.165) is 34.4 Å². The Morgan fingerprint density at radius 3 is 2.52 bits per heavy atom. The van der Waals surface area contributed by atoms with E-state index in [1.54, 1.807) is 18.6 Å². The van der Waals surface area contributed by atoms with Crippen molar-refractivity contribution in [2.75, 3.05) is 0 Å². The normalized spacial score (nSPS) is 31.7. The molecule has 138 valence electrons. The molecule has 3 aliphatic rings. The number of rotatable bonds is 2. The summed E-state index contributed by atoms with van der Waals surface area (Å²) in [5.41, 5.74) is 5.47. The van der Waals surface area contributed by atoms with Crippen LogP contribution in [0.5, 0.6) is 0 Å². The van der Waals surface area contributed by atoms with Crippen LogP contribution in [0.2, 0.25) is 0 Å². The Morgan fingerprint density at radius 2 is 1.85 bits per heavy atom. The zero-order chi connectivity index (χ0) is 18.9. The maximum Gasteiger partial charge on any atom is 0.173 e. The van der Waals surface area contributed by atoms with Crippen molar-refractivity contribution in [3.8, 4) is 0 Å². The van der Waals surface area contributed by atoms with E-state index in [1.807, 2.05) is 20.8 Å². The number of benzene rings is 1. The Hall–Kier alpha value is -2.53. The molecule has 0 amide bonds. The van der Waals surface area contributed by atoms with Crippen molar-refractivity contribution in [1.82, 2.24) is 9.97 Å². The number of nitrogens with zero attached hydrogens (tertiary/aromatic N) is 2. The van der Waals surface area contributed by atoms with Gasteiger partial charge in [0, 0.05) is 24.5 Å². The van der Waals surface area contributed by atoms with E-state index < -0.39 is 0 Å². The number of aryl methyl sites for hydroxylation is 3. The van der Waals surface area contributed by atoms with Gasteiger partial charge in [-0.2, -0.15) is 0 Å². The fourth-order valence-electron chi connectivity index (χ4n) is 5.47. The quantitative estimate of drug-likeness (QED) is 0.886. The van der Waals surface area contributed by atoms with Gasteiger partial charge in [0.25, 0.3) is 0 Å². The molecule has 0 spiro atoms. The third kappa shape index (κ3) is 2.24. The fraction of sp³-hybridized carbons (Fsp3) is 0.409. The molecule has 1 N–H and O–H groups in total. The van der Waals surface area contributed by atoms with Gasteiger partial charge in [-0.25, -0.2) is 0 Å². The van der Waals surface area contributed by atoms with Crippen molar-refractivity contribution in [3.05, 3.63) is 64.4 Å². The fourth-order valence-corrected chi connectivity index (χ4v) is 5.47. The van der Waals surface area contributed by atoms with Crippen LogP contribution in [0, 0.1) is 32.6 Å².